The number of carbonyl (C=O) groups excluding carboxylic acids is 2. The van der Waals surface area contributed by atoms with Crippen LogP contribution in [0.4, 0.5) is 8.78 Å². The molecule has 8 nitrogen and oxygen atoms in total. The molecule has 1 aliphatic rings. The Bertz CT molecular complexity index is 1070. The van der Waals surface area contributed by atoms with E-state index in [9.17, 15) is 23.2 Å². The van der Waals surface area contributed by atoms with E-state index < -0.39 is 41.2 Å². The molecule has 0 bridgehead atoms. The molecule has 1 heterocycles. The minimum atomic E-state index is -2.62. The summed E-state index contributed by atoms with van der Waals surface area (Å²) in [6.07, 6.45) is 0.468. The van der Waals surface area contributed by atoms with Crippen molar-refractivity contribution in [2.45, 2.75) is 77.9 Å². The monoisotopic (exact) mass is 478 g/mol. The second kappa shape index (κ2) is 9.68. The van der Waals surface area contributed by atoms with E-state index in [0.29, 0.717) is 30.3 Å². The van der Waals surface area contributed by atoms with Crippen LogP contribution in [0.3, 0.4) is 0 Å². The van der Waals surface area contributed by atoms with Crippen molar-refractivity contribution in [3.8, 4) is 0 Å². The van der Waals surface area contributed by atoms with Gasteiger partial charge < -0.3 is 15.7 Å². The van der Waals surface area contributed by atoms with Crippen LogP contribution in [0, 0.1) is 11.3 Å². The predicted molar refractivity (Wildman–Crippen MR) is 123 cm³/mol. The number of para-hydroxylation sites is 1. The fourth-order valence-electron chi connectivity index (χ4n) is 4.19. The molecule has 0 spiro atoms. The van der Waals surface area contributed by atoms with Crippen molar-refractivity contribution in [1.82, 2.24) is 20.4 Å². The number of nitrogens with zero attached hydrogens (tertiary/aromatic N) is 2. The first-order chi connectivity index (χ1) is 15.8. The van der Waals surface area contributed by atoms with Gasteiger partial charge in [0.15, 0.2) is 5.69 Å². The number of alkyl halides is 2. The molecule has 1 unspecified atom stereocenters. The number of carboxylic acid groups (broad SMARTS) is 1. The van der Waals surface area contributed by atoms with Crippen LogP contribution >= 0.6 is 0 Å². The van der Waals surface area contributed by atoms with Crippen LogP contribution < -0.4 is 10.6 Å². The predicted octanol–water partition coefficient (Wildman–Crippen LogP) is 3.60. The normalized spacial score (nSPS) is 18.3. The Morgan fingerprint density at radius 1 is 1.18 bits per heavy atom. The Morgan fingerprint density at radius 3 is 2.38 bits per heavy atom. The number of nitrogens with one attached hydrogen (secondary N) is 2. The lowest BCUT2D eigenvalue weighted by atomic mass is 9.85. The third kappa shape index (κ3) is 5.90. The molecule has 34 heavy (non-hydrogen) atoms. The van der Waals surface area contributed by atoms with Gasteiger partial charge in [-0.25, -0.2) is 8.78 Å². The number of aromatic nitrogens is 2. The Hall–Kier alpha value is -3.04. The third-order valence-electron chi connectivity index (χ3n) is 6.27. The molecular weight excluding hydrogens is 446 g/mol. The highest BCUT2D eigenvalue weighted by Gasteiger charge is 2.37. The number of amides is 2. The summed E-state index contributed by atoms with van der Waals surface area (Å²) in [6.45, 7) is 7.05. The Labute approximate surface area is 197 Å². The van der Waals surface area contributed by atoms with Gasteiger partial charge in [0.2, 0.25) is 11.8 Å². The van der Waals surface area contributed by atoms with Gasteiger partial charge in [-0.15, -0.1) is 0 Å². The van der Waals surface area contributed by atoms with Crippen molar-refractivity contribution in [2.24, 2.45) is 11.3 Å². The molecule has 0 radical (unpaired) electrons. The first-order valence-corrected chi connectivity index (χ1v) is 11.5. The Kier molecular flexibility index (Phi) is 7.28. The van der Waals surface area contributed by atoms with Gasteiger partial charge >= 0.3 is 5.97 Å². The van der Waals surface area contributed by atoms with Gasteiger partial charge in [-0.3, -0.25) is 19.1 Å². The lowest BCUT2D eigenvalue weighted by Crippen LogP contribution is -2.56. The van der Waals surface area contributed by atoms with E-state index in [-0.39, 0.29) is 24.5 Å². The molecule has 2 atom stereocenters. The van der Waals surface area contributed by atoms with Crippen LogP contribution in [0.5, 0.6) is 0 Å². The number of hydrogen-bond acceptors (Lipinski definition) is 4. The van der Waals surface area contributed by atoms with E-state index in [1.165, 1.54) is 6.92 Å². The number of carboxylic acids is 1. The van der Waals surface area contributed by atoms with Crippen molar-refractivity contribution in [1.29, 1.82) is 0 Å². The summed E-state index contributed by atoms with van der Waals surface area (Å²) in [7, 11) is 0. The van der Waals surface area contributed by atoms with Crippen molar-refractivity contribution in [3.05, 3.63) is 30.0 Å². The first-order valence-electron chi connectivity index (χ1n) is 11.5. The van der Waals surface area contributed by atoms with Gasteiger partial charge in [-0.1, -0.05) is 39.0 Å². The van der Waals surface area contributed by atoms with Gasteiger partial charge in [0.1, 0.15) is 12.1 Å². The molecule has 1 aromatic heterocycles. The lowest BCUT2D eigenvalue weighted by Gasteiger charge is -2.30. The molecule has 1 fully saturated rings. The summed E-state index contributed by atoms with van der Waals surface area (Å²) in [5.74, 6) is -4.94. The molecule has 186 valence electrons. The van der Waals surface area contributed by atoms with Crippen molar-refractivity contribution >= 4 is 28.7 Å². The molecule has 1 saturated carbocycles. The van der Waals surface area contributed by atoms with E-state index >= 15 is 0 Å². The molecule has 10 heteroatoms. The molecule has 0 saturated heterocycles. The molecule has 1 aromatic carbocycles. The Balaban J connectivity index is 1.84. The van der Waals surface area contributed by atoms with Crippen LogP contribution in [-0.2, 0) is 16.1 Å². The quantitative estimate of drug-likeness (QED) is 0.563. The summed E-state index contributed by atoms with van der Waals surface area (Å²) in [6, 6.07) is 5.04. The van der Waals surface area contributed by atoms with E-state index in [0.717, 1.165) is 0 Å². The maximum absolute atomic E-state index is 13.5. The van der Waals surface area contributed by atoms with E-state index in [2.05, 4.69) is 15.7 Å². The summed E-state index contributed by atoms with van der Waals surface area (Å²) < 4.78 is 28.8. The summed E-state index contributed by atoms with van der Waals surface area (Å²) in [4.78, 5) is 37.2. The molecule has 2 aromatic rings. The smallest absolute Gasteiger partial charge is 0.325 e. The first kappa shape index (κ1) is 25.6. The third-order valence-corrected chi connectivity index (χ3v) is 6.27. The van der Waals surface area contributed by atoms with Gasteiger partial charge in [0.05, 0.1) is 5.52 Å². The molecule has 3 N–H and O–H groups in total. The van der Waals surface area contributed by atoms with Crippen LogP contribution in [0.2, 0.25) is 0 Å². The number of hydrogen-bond donors (Lipinski definition) is 3. The second-order valence-electron chi connectivity index (χ2n) is 10.2. The van der Waals surface area contributed by atoms with Crippen LogP contribution in [0.1, 0.15) is 63.9 Å². The van der Waals surface area contributed by atoms with E-state index in [1.807, 2.05) is 12.1 Å². The molecule has 2 amide bonds. The van der Waals surface area contributed by atoms with Gasteiger partial charge in [0, 0.05) is 24.8 Å². The number of aliphatic carboxylic acids is 1. The number of fused-ring (bicyclic) bond motifs is 1. The molecule has 3 rings (SSSR count). The molecule has 0 aliphatic heterocycles. The van der Waals surface area contributed by atoms with Crippen molar-refractivity contribution < 1.29 is 28.3 Å². The zero-order valence-electron chi connectivity index (χ0n) is 19.9. The van der Waals surface area contributed by atoms with Crippen LogP contribution in [-0.4, -0.2) is 50.7 Å². The van der Waals surface area contributed by atoms with Crippen molar-refractivity contribution in [3.63, 3.8) is 0 Å². The maximum Gasteiger partial charge on any atom is 0.325 e. The SMILES string of the molecule is C[C@@H](NC(=O)C(NC(=O)c1nn(CC2CCC(F)(F)CC2)c2ccccc12)C(C)(C)C)C(=O)O. The van der Waals surface area contributed by atoms with E-state index in [1.54, 1.807) is 37.6 Å². The van der Waals surface area contributed by atoms with Crippen LogP contribution in [0.25, 0.3) is 10.9 Å². The fraction of sp³-hybridized carbons (Fsp3) is 0.583. The number of halogens is 2. The topological polar surface area (TPSA) is 113 Å². The van der Waals surface area contributed by atoms with Crippen molar-refractivity contribution in [2.75, 3.05) is 0 Å². The highest BCUT2D eigenvalue weighted by molar-refractivity contribution is 6.06. The summed E-state index contributed by atoms with van der Waals surface area (Å²) in [5, 5.41) is 19.3. The zero-order chi connectivity index (χ0) is 25.3. The number of rotatable bonds is 7. The highest BCUT2D eigenvalue weighted by atomic mass is 19.3. The van der Waals surface area contributed by atoms with Crippen LogP contribution in [0.15, 0.2) is 24.3 Å². The number of benzene rings is 1. The van der Waals surface area contributed by atoms with Gasteiger partial charge in [-0.05, 0) is 37.2 Å². The minimum Gasteiger partial charge on any atom is -0.480 e. The average Bonchev–Trinajstić information content (AvgIpc) is 3.11. The maximum atomic E-state index is 13.5. The highest BCUT2D eigenvalue weighted by Crippen LogP contribution is 2.37. The van der Waals surface area contributed by atoms with Gasteiger partial charge in [-0.2, -0.15) is 5.10 Å². The molecule has 1 aliphatic carbocycles. The van der Waals surface area contributed by atoms with Gasteiger partial charge in [0.25, 0.3) is 5.91 Å². The Morgan fingerprint density at radius 2 is 1.79 bits per heavy atom. The zero-order valence-corrected chi connectivity index (χ0v) is 19.9. The average molecular weight is 479 g/mol. The minimum absolute atomic E-state index is 0.0319. The second-order valence-corrected chi connectivity index (χ2v) is 10.2. The fourth-order valence-corrected chi connectivity index (χ4v) is 4.19. The molecular formula is C24H32F2N4O4. The number of carbonyl (C=O) groups is 3. The lowest BCUT2D eigenvalue weighted by molar-refractivity contribution is -0.142. The largest absolute Gasteiger partial charge is 0.480 e. The summed E-state index contributed by atoms with van der Waals surface area (Å²) >= 11 is 0. The summed E-state index contributed by atoms with van der Waals surface area (Å²) in [5.41, 5.74) is 0.134. The standard InChI is InChI=1S/C24H32F2N4O4/c1-14(22(33)34)27-21(32)19(23(2,3)4)28-20(31)18-16-7-5-6-8-17(16)30(29-18)13-15-9-11-24(25,26)12-10-15/h5-8,14-15,19H,9-13H2,1-4H3,(H,27,32)(H,28,31)(H,33,34)/t14-,19?/m1/s1. The van der Waals surface area contributed by atoms with E-state index in [4.69, 9.17) is 5.11 Å².